The van der Waals surface area contributed by atoms with Crippen LogP contribution in [0, 0.1) is 0 Å². The minimum absolute atomic E-state index is 0.0901. The second-order valence-corrected chi connectivity index (χ2v) is 6.56. The molecule has 3 N–H and O–H groups in total. The number of likely N-dealkylation sites (tertiary alicyclic amines) is 1. The number of aliphatic hydroxyl groups excluding tert-OH is 1. The highest BCUT2D eigenvalue weighted by Crippen LogP contribution is 2.46. The lowest BCUT2D eigenvalue weighted by Crippen LogP contribution is -2.53. The number of rotatable bonds is 2. The molecule has 1 aromatic carbocycles. The summed E-state index contributed by atoms with van der Waals surface area (Å²) in [4.78, 5) is 2.32. The van der Waals surface area contributed by atoms with Crippen LogP contribution in [-0.2, 0) is 12.4 Å². The quantitative estimate of drug-likeness (QED) is 0.820. The lowest BCUT2D eigenvalue weighted by atomic mass is 9.85. The maximum absolute atomic E-state index is 10.8. The first kappa shape index (κ1) is 14.7. The fourth-order valence-electron chi connectivity index (χ4n) is 3.31. The van der Waals surface area contributed by atoms with Gasteiger partial charge in [-0.25, -0.2) is 0 Å². The molecule has 2 aliphatic heterocycles. The van der Waals surface area contributed by atoms with E-state index in [1.54, 1.807) is 6.07 Å². The maximum Gasteiger partial charge on any atom is 0.131 e. The van der Waals surface area contributed by atoms with E-state index in [9.17, 15) is 5.11 Å². The van der Waals surface area contributed by atoms with Gasteiger partial charge in [-0.2, -0.15) is 4.36 Å². The van der Waals surface area contributed by atoms with Gasteiger partial charge in [0.25, 0.3) is 0 Å². The number of ether oxygens (including phenoxy) is 1. The van der Waals surface area contributed by atoms with E-state index in [2.05, 4.69) is 9.26 Å². The van der Waals surface area contributed by atoms with Crippen molar-refractivity contribution in [3.8, 4) is 5.75 Å². The largest absolute Gasteiger partial charge is 0.485 e. The van der Waals surface area contributed by atoms with E-state index in [0.717, 1.165) is 37.2 Å². The van der Waals surface area contributed by atoms with E-state index >= 15 is 0 Å². The number of nitrogen functional groups attached to an aromatic ring is 1. The van der Waals surface area contributed by atoms with Crippen molar-refractivity contribution in [3.63, 3.8) is 0 Å². The topological polar surface area (TPSA) is 71.1 Å². The third-order valence-electron chi connectivity index (χ3n) is 4.49. The fourth-order valence-corrected chi connectivity index (χ4v) is 3.47. The fraction of sp³-hybridized carbons (Fsp3) is 0.600. The molecule has 3 rings (SSSR count). The van der Waals surface area contributed by atoms with Gasteiger partial charge in [0, 0.05) is 24.1 Å². The van der Waals surface area contributed by atoms with Crippen LogP contribution in [0.1, 0.15) is 38.3 Å². The summed E-state index contributed by atoms with van der Waals surface area (Å²) >= 11 is 4.76. The van der Waals surface area contributed by atoms with Crippen molar-refractivity contribution >= 4 is 23.8 Å². The van der Waals surface area contributed by atoms with Gasteiger partial charge in [0.15, 0.2) is 0 Å². The second-order valence-electron chi connectivity index (χ2n) is 6.38. The Bertz CT molecular complexity index is 570. The monoisotopic (exact) mass is 307 g/mol. The van der Waals surface area contributed by atoms with Crippen molar-refractivity contribution in [2.24, 2.45) is 4.36 Å². The van der Waals surface area contributed by atoms with E-state index in [4.69, 9.17) is 22.9 Å². The lowest BCUT2D eigenvalue weighted by Gasteiger charge is -2.45. The average molecular weight is 307 g/mol. The molecule has 0 radical (unpaired) electrons. The van der Waals surface area contributed by atoms with Crippen LogP contribution in [0.25, 0.3) is 0 Å². The second kappa shape index (κ2) is 5.19. The van der Waals surface area contributed by atoms with Gasteiger partial charge < -0.3 is 15.6 Å². The van der Waals surface area contributed by atoms with Gasteiger partial charge in [0.2, 0.25) is 0 Å². The van der Waals surface area contributed by atoms with Crippen molar-refractivity contribution in [1.29, 1.82) is 0 Å². The molecule has 0 aliphatic carbocycles. The molecule has 0 saturated carbocycles. The van der Waals surface area contributed by atoms with Crippen molar-refractivity contribution in [3.05, 3.63) is 17.7 Å². The van der Waals surface area contributed by atoms with Crippen molar-refractivity contribution in [1.82, 2.24) is 4.90 Å². The Morgan fingerprint density at radius 2 is 2.05 bits per heavy atom. The molecule has 5 nitrogen and oxygen atoms in total. The third kappa shape index (κ3) is 2.41. The van der Waals surface area contributed by atoms with Crippen LogP contribution in [0.4, 0.5) is 11.4 Å². The molecular weight excluding hydrogens is 286 g/mol. The highest BCUT2D eigenvalue weighted by atomic mass is 32.1. The van der Waals surface area contributed by atoms with Crippen LogP contribution in [-0.4, -0.2) is 34.8 Å². The zero-order valence-electron chi connectivity index (χ0n) is 12.4. The highest BCUT2D eigenvalue weighted by Gasteiger charge is 2.46. The molecule has 2 aliphatic rings. The van der Waals surface area contributed by atoms with E-state index in [-0.39, 0.29) is 6.04 Å². The normalized spacial score (nSPS) is 28.0. The predicted molar refractivity (Wildman–Crippen MR) is 84.6 cm³/mol. The number of fused-ring (bicyclic) bond motifs is 1. The summed E-state index contributed by atoms with van der Waals surface area (Å²) in [5, 5.41) is 10.8. The maximum atomic E-state index is 10.8. The van der Waals surface area contributed by atoms with Gasteiger partial charge in [-0.05, 0) is 45.8 Å². The minimum atomic E-state index is -0.658. The Hall–Kier alpha value is -1.24. The summed E-state index contributed by atoms with van der Waals surface area (Å²) in [6, 6.07) is 3.55. The zero-order chi connectivity index (χ0) is 15.2. The molecular formula is C15H21N3O2S. The van der Waals surface area contributed by atoms with Gasteiger partial charge in [0.05, 0.1) is 11.7 Å². The summed E-state index contributed by atoms with van der Waals surface area (Å²) in [7, 11) is 0. The molecule has 1 saturated heterocycles. The summed E-state index contributed by atoms with van der Waals surface area (Å²) < 4.78 is 9.75. The van der Waals surface area contributed by atoms with Crippen LogP contribution < -0.4 is 10.5 Å². The van der Waals surface area contributed by atoms with E-state index < -0.39 is 11.7 Å². The average Bonchev–Trinajstić information content (AvgIpc) is 2.94. The Morgan fingerprint density at radius 1 is 1.38 bits per heavy atom. The molecule has 0 spiro atoms. The molecule has 0 amide bonds. The van der Waals surface area contributed by atoms with Gasteiger partial charge in [0.1, 0.15) is 23.1 Å². The number of nitrogens with two attached hydrogens (primary N) is 1. The smallest absolute Gasteiger partial charge is 0.131 e. The van der Waals surface area contributed by atoms with Gasteiger partial charge in [-0.3, -0.25) is 4.90 Å². The van der Waals surface area contributed by atoms with Crippen LogP contribution in [0.15, 0.2) is 16.5 Å². The predicted octanol–water partition coefficient (Wildman–Crippen LogP) is 2.30. The molecule has 1 fully saturated rings. The molecule has 0 aromatic heterocycles. The molecule has 2 unspecified atom stereocenters. The molecule has 2 atom stereocenters. The summed E-state index contributed by atoms with van der Waals surface area (Å²) in [5.74, 6) is 0.722. The first-order valence-corrected chi connectivity index (χ1v) is 7.68. The number of benzene rings is 1. The number of hydrogen-bond acceptors (Lipinski definition) is 6. The standard InChI is InChI=1S/C15H21N3O2S/c1-15(2)14(19)13(18-5-3-4-6-18)9-7-10(16)11(17-21)8-12(9)20-15/h7-8,13-14,19H,3-6,16H2,1-2H3. The van der Waals surface area contributed by atoms with Crippen LogP contribution >= 0.6 is 0 Å². The van der Waals surface area contributed by atoms with Crippen molar-refractivity contribution in [2.75, 3.05) is 18.8 Å². The van der Waals surface area contributed by atoms with E-state index in [0.29, 0.717) is 11.4 Å². The number of aliphatic hydroxyl groups is 1. The molecule has 114 valence electrons. The Kier molecular flexibility index (Phi) is 3.63. The summed E-state index contributed by atoms with van der Waals surface area (Å²) in [6.07, 6.45) is 1.72. The Morgan fingerprint density at radius 3 is 2.67 bits per heavy atom. The lowest BCUT2D eigenvalue weighted by molar-refractivity contribution is -0.0894. The summed E-state index contributed by atoms with van der Waals surface area (Å²) in [6.45, 7) is 5.80. The van der Waals surface area contributed by atoms with E-state index in [1.165, 1.54) is 0 Å². The van der Waals surface area contributed by atoms with Crippen LogP contribution in [0.2, 0.25) is 0 Å². The molecule has 2 heterocycles. The van der Waals surface area contributed by atoms with Gasteiger partial charge in [-0.1, -0.05) is 0 Å². The Balaban J connectivity index is 2.11. The minimum Gasteiger partial charge on any atom is -0.485 e. The molecule has 6 heteroatoms. The van der Waals surface area contributed by atoms with Gasteiger partial charge >= 0.3 is 0 Å². The molecule has 0 bridgehead atoms. The first-order valence-electron chi connectivity index (χ1n) is 7.32. The number of nitrogens with zero attached hydrogens (tertiary/aromatic N) is 2. The highest BCUT2D eigenvalue weighted by molar-refractivity contribution is 7.47. The van der Waals surface area contributed by atoms with Gasteiger partial charge in [-0.15, -0.1) is 0 Å². The molecule has 21 heavy (non-hydrogen) atoms. The Labute approximate surface area is 130 Å². The van der Waals surface area contributed by atoms with Crippen molar-refractivity contribution < 1.29 is 9.84 Å². The van der Waals surface area contributed by atoms with Crippen LogP contribution in [0.3, 0.4) is 0 Å². The third-order valence-corrected chi connectivity index (χ3v) is 4.69. The number of anilines is 1. The summed E-state index contributed by atoms with van der Waals surface area (Å²) in [5.41, 5.74) is 7.37. The SMILES string of the molecule is CC1(C)Oc2cc(N=S)c(N)cc2C(N2CCCC2)C1O. The first-order chi connectivity index (χ1) is 9.94. The van der Waals surface area contributed by atoms with Crippen LogP contribution in [0.5, 0.6) is 5.75 Å². The van der Waals surface area contributed by atoms with E-state index in [1.807, 2.05) is 19.9 Å². The number of hydrogen-bond donors (Lipinski definition) is 2. The zero-order valence-corrected chi connectivity index (χ0v) is 13.2. The molecule has 1 aromatic rings. The van der Waals surface area contributed by atoms with Crippen molar-refractivity contribution in [2.45, 2.75) is 44.4 Å².